The van der Waals surface area contributed by atoms with E-state index in [2.05, 4.69) is 0 Å². The number of alkyl halides is 4. The van der Waals surface area contributed by atoms with Crippen molar-refractivity contribution in [1.29, 1.82) is 0 Å². The van der Waals surface area contributed by atoms with Crippen LogP contribution in [0.3, 0.4) is 0 Å². The zero-order valence-electron chi connectivity index (χ0n) is 9.18. The van der Waals surface area contributed by atoms with Crippen LogP contribution in [-0.2, 0) is 6.18 Å². The molecule has 0 amide bonds. The third kappa shape index (κ3) is 3.71. The van der Waals surface area contributed by atoms with Crippen LogP contribution in [0.1, 0.15) is 37.3 Å². The van der Waals surface area contributed by atoms with E-state index in [0.717, 1.165) is 6.07 Å². The van der Waals surface area contributed by atoms with Crippen LogP contribution in [0.4, 0.5) is 13.2 Å². The second kappa shape index (κ2) is 5.09. The Morgan fingerprint density at radius 3 is 2.38 bits per heavy atom. The molecule has 1 aromatic carbocycles. The summed E-state index contributed by atoms with van der Waals surface area (Å²) in [5, 5.41) is -0.0375. The Bertz CT molecular complexity index is 344. The topological polar surface area (TPSA) is 0 Å². The van der Waals surface area contributed by atoms with Gasteiger partial charge in [0.2, 0.25) is 0 Å². The summed E-state index contributed by atoms with van der Waals surface area (Å²) in [6.07, 6.45) is -3.61. The van der Waals surface area contributed by atoms with Gasteiger partial charge in [-0.1, -0.05) is 25.1 Å². The summed E-state index contributed by atoms with van der Waals surface area (Å²) >= 11 is 5.83. The van der Waals surface area contributed by atoms with Crippen molar-refractivity contribution in [3.8, 4) is 0 Å². The minimum Gasteiger partial charge on any atom is -0.166 e. The summed E-state index contributed by atoms with van der Waals surface area (Å²) in [6, 6.07) is 5.43. The smallest absolute Gasteiger partial charge is 0.166 e. The molecule has 0 saturated carbocycles. The quantitative estimate of drug-likeness (QED) is 0.675. The summed E-state index contributed by atoms with van der Waals surface area (Å²) in [6.45, 7) is 3.72. The lowest BCUT2D eigenvalue weighted by Gasteiger charge is -2.15. The molecule has 0 radical (unpaired) electrons. The highest BCUT2D eigenvalue weighted by Gasteiger charge is 2.30. The SMILES string of the molecule is CC(Cl)CC(C)c1cccc(C(F)(F)F)c1. The number of hydrogen-bond acceptors (Lipinski definition) is 0. The first kappa shape index (κ1) is 13.4. The molecule has 0 aliphatic rings. The maximum absolute atomic E-state index is 12.5. The number of hydrogen-bond donors (Lipinski definition) is 0. The maximum Gasteiger partial charge on any atom is 0.416 e. The van der Waals surface area contributed by atoms with Gasteiger partial charge in [0.05, 0.1) is 5.56 Å². The van der Waals surface area contributed by atoms with Gasteiger partial charge >= 0.3 is 6.18 Å². The standard InChI is InChI=1S/C12H14ClF3/c1-8(6-9(2)13)10-4-3-5-11(7-10)12(14,15)16/h3-5,7-9H,6H2,1-2H3. The van der Waals surface area contributed by atoms with E-state index in [-0.39, 0.29) is 11.3 Å². The van der Waals surface area contributed by atoms with E-state index < -0.39 is 11.7 Å². The maximum atomic E-state index is 12.5. The third-order valence-corrected chi connectivity index (χ3v) is 2.64. The highest BCUT2D eigenvalue weighted by atomic mass is 35.5. The highest BCUT2D eigenvalue weighted by Crippen LogP contribution is 2.32. The molecule has 0 fully saturated rings. The second-order valence-corrected chi connectivity index (χ2v) is 4.79. The van der Waals surface area contributed by atoms with Crippen molar-refractivity contribution in [3.05, 3.63) is 35.4 Å². The molecule has 0 aliphatic carbocycles. The van der Waals surface area contributed by atoms with Gasteiger partial charge in [-0.3, -0.25) is 0 Å². The van der Waals surface area contributed by atoms with Crippen molar-refractivity contribution in [2.24, 2.45) is 0 Å². The van der Waals surface area contributed by atoms with Gasteiger partial charge in [0, 0.05) is 5.38 Å². The predicted molar refractivity (Wildman–Crippen MR) is 59.8 cm³/mol. The van der Waals surface area contributed by atoms with Gasteiger partial charge in [0.1, 0.15) is 0 Å². The summed E-state index contributed by atoms with van der Waals surface area (Å²) in [4.78, 5) is 0. The largest absolute Gasteiger partial charge is 0.416 e. The Morgan fingerprint density at radius 2 is 1.88 bits per heavy atom. The Morgan fingerprint density at radius 1 is 1.25 bits per heavy atom. The van der Waals surface area contributed by atoms with E-state index in [1.165, 1.54) is 12.1 Å². The molecular formula is C12H14ClF3. The van der Waals surface area contributed by atoms with Gasteiger partial charge in [-0.2, -0.15) is 13.2 Å². The van der Waals surface area contributed by atoms with E-state index in [1.807, 2.05) is 13.8 Å². The molecule has 0 aromatic heterocycles. The monoisotopic (exact) mass is 250 g/mol. The molecule has 0 N–H and O–H groups in total. The average molecular weight is 251 g/mol. The van der Waals surface area contributed by atoms with Gasteiger partial charge in [0.25, 0.3) is 0 Å². The molecule has 0 saturated heterocycles. The first-order chi connectivity index (χ1) is 7.30. The minimum absolute atomic E-state index is 0.0369. The van der Waals surface area contributed by atoms with Crippen molar-refractivity contribution in [2.45, 2.75) is 37.7 Å². The van der Waals surface area contributed by atoms with E-state index in [1.54, 1.807) is 6.07 Å². The number of rotatable bonds is 3. The Balaban J connectivity index is 2.90. The zero-order valence-corrected chi connectivity index (χ0v) is 9.94. The van der Waals surface area contributed by atoms with Crippen LogP contribution < -0.4 is 0 Å². The molecule has 0 spiro atoms. The van der Waals surface area contributed by atoms with Crippen molar-refractivity contribution < 1.29 is 13.2 Å². The van der Waals surface area contributed by atoms with Crippen molar-refractivity contribution in [2.75, 3.05) is 0 Å². The predicted octanol–water partition coefficient (Wildman–Crippen LogP) is 4.83. The molecule has 2 atom stereocenters. The number of benzene rings is 1. The van der Waals surface area contributed by atoms with E-state index in [4.69, 9.17) is 11.6 Å². The second-order valence-electron chi connectivity index (χ2n) is 4.04. The molecule has 0 bridgehead atoms. The third-order valence-electron chi connectivity index (χ3n) is 2.46. The molecule has 1 aromatic rings. The first-order valence-corrected chi connectivity index (χ1v) is 5.55. The lowest BCUT2D eigenvalue weighted by molar-refractivity contribution is -0.137. The summed E-state index contributed by atoms with van der Waals surface area (Å²) in [5.74, 6) is 0.0369. The fraction of sp³-hybridized carbons (Fsp3) is 0.500. The Kier molecular flexibility index (Phi) is 4.25. The van der Waals surface area contributed by atoms with Crippen LogP contribution in [-0.4, -0.2) is 5.38 Å². The summed E-state index contributed by atoms with van der Waals surface area (Å²) in [7, 11) is 0. The van der Waals surface area contributed by atoms with Crippen molar-refractivity contribution in [1.82, 2.24) is 0 Å². The van der Waals surface area contributed by atoms with E-state index >= 15 is 0 Å². The zero-order chi connectivity index (χ0) is 12.3. The Hall–Kier alpha value is -0.700. The van der Waals surface area contributed by atoms with Crippen LogP contribution in [0, 0.1) is 0 Å². The van der Waals surface area contributed by atoms with Crippen molar-refractivity contribution in [3.63, 3.8) is 0 Å². The summed E-state index contributed by atoms with van der Waals surface area (Å²) < 4.78 is 37.4. The van der Waals surface area contributed by atoms with E-state index in [9.17, 15) is 13.2 Å². The molecule has 0 nitrogen and oxygen atoms in total. The number of halogens is 4. The van der Waals surface area contributed by atoms with Crippen molar-refractivity contribution >= 4 is 11.6 Å². The Labute approximate surface area is 98.4 Å². The van der Waals surface area contributed by atoms with Crippen LogP contribution in [0.5, 0.6) is 0 Å². The highest BCUT2D eigenvalue weighted by molar-refractivity contribution is 6.20. The molecule has 90 valence electrons. The lowest BCUT2D eigenvalue weighted by Crippen LogP contribution is -2.07. The molecule has 0 aliphatic heterocycles. The van der Waals surface area contributed by atoms with Gasteiger partial charge in [-0.05, 0) is 30.9 Å². The molecule has 0 heterocycles. The normalized spacial score (nSPS) is 15.9. The minimum atomic E-state index is -4.28. The lowest BCUT2D eigenvalue weighted by atomic mass is 9.95. The molecule has 4 heteroatoms. The molecule has 16 heavy (non-hydrogen) atoms. The van der Waals surface area contributed by atoms with Crippen LogP contribution >= 0.6 is 11.6 Å². The molecular weight excluding hydrogens is 237 g/mol. The van der Waals surface area contributed by atoms with Crippen LogP contribution in [0.15, 0.2) is 24.3 Å². The van der Waals surface area contributed by atoms with Gasteiger partial charge in [0.15, 0.2) is 0 Å². The fourth-order valence-electron chi connectivity index (χ4n) is 1.64. The van der Waals surface area contributed by atoms with Crippen LogP contribution in [0.2, 0.25) is 0 Å². The molecule has 2 unspecified atom stereocenters. The van der Waals surface area contributed by atoms with Crippen LogP contribution in [0.25, 0.3) is 0 Å². The van der Waals surface area contributed by atoms with E-state index in [0.29, 0.717) is 12.0 Å². The average Bonchev–Trinajstić information content (AvgIpc) is 2.15. The van der Waals surface area contributed by atoms with Gasteiger partial charge < -0.3 is 0 Å². The summed E-state index contributed by atoms with van der Waals surface area (Å²) in [5.41, 5.74) is 0.0846. The fourth-order valence-corrected chi connectivity index (χ4v) is 1.91. The van der Waals surface area contributed by atoms with Gasteiger partial charge in [-0.15, -0.1) is 11.6 Å². The molecule has 1 rings (SSSR count). The first-order valence-electron chi connectivity index (χ1n) is 5.12. The van der Waals surface area contributed by atoms with Gasteiger partial charge in [-0.25, -0.2) is 0 Å².